The molecule has 6 nitrogen and oxygen atoms in total. The fourth-order valence-electron chi connectivity index (χ4n) is 3.17. The van der Waals surface area contributed by atoms with Crippen LogP contribution in [0.1, 0.15) is 41.7 Å². The molecule has 144 valence electrons. The number of hydrogen-bond acceptors (Lipinski definition) is 5. The number of fused-ring (bicyclic) bond motifs is 1. The van der Waals surface area contributed by atoms with E-state index in [0.29, 0.717) is 22.8 Å². The lowest BCUT2D eigenvalue weighted by Crippen LogP contribution is -2.21. The van der Waals surface area contributed by atoms with Crippen molar-refractivity contribution in [2.24, 2.45) is 0 Å². The van der Waals surface area contributed by atoms with Crippen molar-refractivity contribution in [3.05, 3.63) is 63.8 Å². The van der Waals surface area contributed by atoms with Gasteiger partial charge in [-0.2, -0.15) is 0 Å². The topological polar surface area (TPSA) is 70.4 Å². The first kappa shape index (κ1) is 18.2. The van der Waals surface area contributed by atoms with E-state index in [9.17, 15) is 14.0 Å². The normalized spacial score (nSPS) is 13.5. The van der Waals surface area contributed by atoms with Crippen LogP contribution in [0.3, 0.4) is 0 Å². The number of aromatic nitrogens is 2. The van der Waals surface area contributed by atoms with Crippen molar-refractivity contribution in [3.63, 3.8) is 0 Å². The van der Waals surface area contributed by atoms with Gasteiger partial charge in [0.25, 0.3) is 0 Å². The predicted octanol–water partition coefficient (Wildman–Crippen LogP) is 3.59. The fraction of sp³-hybridized carbons (Fsp3) is 0.286. The zero-order valence-corrected chi connectivity index (χ0v) is 15.6. The van der Waals surface area contributed by atoms with Crippen molar-refractivity contribution in [1.82, 2.24) is 9.55 Å². The molecule has 1 fully saturated rings. The van der Waals surface area contributed by atoms with Crippen LogP contribution in [0.15, 0.2) is 41.3 Å². The number of nitrogens with zero attached hydrogens (tertiary/aromatic N) is 2. The standard InChI is InChI=1S/C21H19FN2O4/c1-3-28-21(26)16-11-24(13-6-8-14(27-2)9-7-13)20-15(19(16)25)10-17(22)18(23-20)12-4-5-12/h6-12H,3-5H2,1-2H3. The largest absolute Gasteiger partial charge is 0.497 e. The molecule has 3 aromatic rings. The maximum Gasteiger partial charge on any atom is 0.343 e. The van der Waals surface area contributed by atoms with Crippen molar-refractivity contribution < 1.29 is 18.7 Å². The molecule has 0 amide bonds. The molecule has 0 saturated heterocycles. The van der Waals surface area contributed by atoms with Crippen LogP contribution in [0, 0.1) is 5.82 Å². The second-order valence-corrected chi connectivity index (χ2v) is 6.66. The number of hydrogen-bond donors (Lipinski definition) is 0. The average molecular weight is 382 g/mol. The lowest BCUT2D eigenvalue weighted by Gasteiger charge is -2.14. The Kier molecular flexibility index (Phi) is 4.58. The van der Waals surface area contributed by atoms with Gasteiger partial charge in [0.15, 0.2) is 0 Å². The molecule has 0 N–H and O–H groups in total. The van der Waals surface area contributed by atoms with Crippen molar-refractivity contribution in [1.29, 1.82) is 0 Å². The molecule has 0 unspecified atom stereocenters. The number of methoxy groups -OCH3 is 1. The third-order valence-electron chi connectivity index (χ3n) is 4.77. The molecule has 0 aliphatic heterocycles. The van der Waals surface area contributed by atoms with E-state index in [1.165, 1.54) is 12.3 Å². The number of carbonyl (C=O) groups excluding carboxylic acids is 1. The summed E-state index contributed by atoms with van der Waals surface area (Å²) in [6.07, 6.45) is 3.16. The molecular formula is C21H19FN2O4. The van der Waals surface area contributed by atoms with E-state index in [0.717, 1.165) is 12.8 Å². The van der Waals surface area contributed by atoms with Gasteiger partial charge in [-0.05, 0) is 50.1 Å². The molecular weight excluding hydrogens is 363 g/mol. The molecule has 1 aliphatic rings. The van der Waals surface area contributed by atoms with Crippen LogP contribution in [0.5, 0.6) is 5.75 Å². The first-order chi connectivity index (χ1) is 13.5. The third-order valence-corrected chi connectivity index (χ3v) is 4.77. The minimum atomic E-state index is -0.747. The van der Waals surface area contributed by atoms with Crippen molar-refractivity contribution in [3.8, 4) is 11.4 Å². The molecule has 4 rings (SSSR count). The zero-order chi connectivity index (χ0) is 19.8. The van der Waals surface area contributed by atoms with Crippen LogP contribution in [0.4, 0.5) is 4.39 Å². The third kappa shape index (κ3) is 3.13. The van der Waals surface area contributed by atoms with E-state index in [-0.39, 0.29) is 23.5 Å². The Bertz CT molecular complexity index is 1120. The molecule has 1 aromatic carbocycles. The van der Waals surface area contributed by atoms with Gasteiger partial charge in [0.1, 0.15) is 22.8 Å². The molecule has 1 saturated carbocycles. The van der Waals surface area contributed by atoms with Crippen LogP contribution < -0.4 is 10.2 Å². The summed E-state index contributed by atoms with van der Waals surface area (Å²) in [5, 5.41) is 0.0447. The summed E-state index contributed by atoms with van der Waals surface area (Å²) in [6.45, 7) is 1.79. The molecule has 2 aromatic heterocycles. The van der Waals surface area contributed by atoms with Crippen molar-refractivity contribution >= 4 is 17.0 Å². The Labute approximate surface area is 160 Å². The SMILES string of the molecule is CCOC(=O)c1cn(-c2ccc(OC)cc2)c2nc(C3CC3)c(F)cc2c1=O. The van der Waals surface area contributed by atoms with E-state index in [1.807, 2.05) is 0 Å². The van der Waals surface area contributed by atoms with Gasteiger partial charge >= 0.3 is 5.97 Å². The van der Waals surface area contributed by atoms with Gasteiger partial charge in [-0.1, -0.05) is 0 Å². The lowest BCUT2D eigenvalue weighted by molar-refractivity contribution is 0.0524. The summed E-state index contributed by atoms with van der Waals surface area (Å²) in [4.78, 5) is 29.6. The van der Waals surface area contributed by atoms with E-state index in [4.69, 9.17) is 9.47 Å². The first-order valence-electron chi connectivity index (χ1n) is 9.10. The molecule has 2 heterocycles. The highest BCUT2D eigenvalue weighted by Gasteiger charge is 2.30. The summed E-state index contributed by atoms with van der Waals surface area (Å²) >= 11 is 0. The van der Waals surface area contributed by atoms with E-state index >= 15 is 0 Å². The molecule has 0 radical (unpaired) electrons. The Balaban J connectivity index is 2.00. The van der Waals surface area contributed by atoms with Gasteiger partial charge in [0.05, 0.1) is 24.8 Å². The highest BCUT2D eigenvalue weighted by molar-refractivity contribution is 5.93. The summed E-state index contributed by atoms with van der Waals surface area (Å²) in [5.41, 5.74) is 0.583. The van der Waals surface area contributed by atoms with E-state index in [1.54, 1.807) is 42.9 Å². The van der Waals surface area contributed by atoms with Gasteiger partial charge in [0.2, 0.25) is 5.43 Å². The average Bonchev–Trinajstić information content (AvgIpc) is 3.54. The minimum Gasteiger partial charge on any atom is -0.497 e. The summed E-state index contributed by atoms with van der Waals surface area (Å²) in [6, 6.07) is 8.25. The molecule has 1 aliphatic carbocycles. The molecule has 0 atom stereocenters. The Hall–Kier alpha value is -3.22. The monoisotopic (exact) mass is 382 g/mol. The molecule has 0 bridgehead atoms. The second-order valence-electron chi connectivity index (χ2n) is 6.66. The number of carbonyl (C=O) groups is 1. The summed E-state index contributed by atoms with van der Waals surface area (Å²) in [7, 11) is 1.56. The minimum absolute atomic E-state index is 0.0447. The number of rotatable bonds is 5. The van der Waals surface area contributed by atoms with Gasteiger partial charge in [-0.15, -0.1) is 0 Å². The molecule has 28 heavy (non-hydrogen) atoms. The number of esters is 1. The van der Waals surface area contributed by atoms with Gasteiger partial charge < -0.3 is 14.0 Å². The quantitative estimate of drug-likeness (QED) is 0.631. The number of benzene rings is 1. The maximum absolute atomic E-state index is 14.6. The van der Waals surface area contributed by atoms with Crippen molar-refractivity contribution in [2.75, 3.05) is 13.7 Å². The molecule has 7 heteroatoms. The van der Waals surface area contributed by atoms with E-state index in [2.05, 4.69) is 4.98 Å². The van der Waals surface area contributed by atoms with Gasteiger partial charge in [0, 0.05) is 17.8 Å². The van der Waals surface area contributed by atoms with Crippen LogP contribution in [0.2, 0.25) is 0 Å². The summed E-state index contributed by atoms with van der Waals surface area (Å²) < 4.78 is 26.4. The Morgan fingerprint density at radius 1 is 1.29 bits per heavy atom. The predicted molar refractivity (Wildman–Crippen MR) is 102 cm³/mol. The lowest BCUT2D eigenvalue weighted by atomic mass is 10.1. The Morgan fingerprint density at radius 2 is 2.00 bits per heavy atom. The zero-order valence-electron chi connectivity index (χ0n) is 15.6. The fourth-order valence-corrected chi connectivity index (χ4v) is 3.17. The summed E-state index contributed by atoms with van der Waals surface area (Å²) in [5.74, 6) is -0.524. The van der Waals surface area contributed by atoms with Crippen LogP contribution >= 0.6 is 0 Å². The molecule has 0 spiro atoms. The van der Waals surface area contributed by atoms with Crippen LogP contribution in [-0.4, -0.2) is 29.2 Å². The van der Waals surface area contributed by atoms with Crippen molar-refractivity contribution in [2.45, 2.75) is 25.7 Å². The van der Waals surface area contributed by atoms with Crippen LogP contribution in [0.25, 0.3) is 16.7 Å². The van der Waals surface area contributed by atoms with E-state index < -0.39 is 17.2 Å². The highest BCUT2D eigenvalue weighted by Crippen LogP contribution is 2.40. The first-order valence-corrected chi connectivity index (χ1v) is 9.10. The number of ether oxygens (including phenoxy) is 2. The smallest absolute Gasteiger partial charge is 0.343 e. The highest BCUT2D eigenvalue weighted by atomic mass is 19.1. The van der Waals surface area contributed by atoms with Gasteiger partial charge in [-0.25, -0.2) is 14.2 Å². The Morgan fingerprint density at radius 3 is 2.61 bits per heavy atom. The van der Waals surface area contributed by atoms with Gasteiger partial charge in [-0.3, -0.25) is 4.79 Å². The number of pyridine rings is 2. The van der Waals surface area contributed by atoms with Crippen LogP contribution in [-0.2, 0) is 4.74 Å². The number of halogens is 1. The maximum atomic E-state index is 14.6. The second kappa shape index (κ2) is 7.07.